The van der Waals surface area contributed by atoms with Gasteiger partial charge in [0.25, 0.3) is 0 Å². The number of rotatable bonds is 1. The number of hydrogen-bond acceptors (Lipinski definition) is 2. The molecular weight excluding hydrogens is 247 g/mol. The summed E-state index contributed by atoms with van der Waals surface area (Å²) in [4.78, 5) is 0. The fourth-order valence-corrected chi connectivity index (χ4v) is 2.66. The molecule has 0 aromatic carbocycles. The summed E-state index contributed by atoms with van der Waals surface area (Å²) in [6.45, 7) is 14.7. The van der Waals surface area contributed by atoms with E-state index in [4.69, 9.17) is 9.31 Å². The second kappa shape index (κ2) is 5.53. The Kier molecular flexibility index (Phi) is 4.31. The zero-order valence-corrected chi connectivity index (χ0v) is 13.6. The highest BCUT2D eigenvalue weighted by Crippen LogP contribution is 2.39. The highest BCUT2D eigenvalue weighted by atomic mass is 16.7. The molecule has 1 aliphatic carbocycles. The van der Waals surface area contributed by atoms with Gasteiger partial charge >= 0.3 is 7.12 Å². The van der Waals surface area contributed by atoms with Crippen molar-refractivity contribution in [3.05, 3.63) is 35.3 Å². The Morgan fingerprint density at radius 3 is 2.15 bits per heavy atom. The van der Waals surface area contributed by atoms with Crippen LogP contribution >= 0.6 is 0 Å². The summed E-state index contributed by atoms with van der Waals surface area (Å²) in [6, 6.07) is 0. The monoisotopic (exact) mass is 274 g/mol. The Hall–Kier alpha value is -0.795. The van der Waals surface area contributed by atoms with E-state index in [0.717, 1.165) is 19.3 Å². The SMILES string of the molecule is C=C1C=C(C)C=C(B2OC(C)(C)C(C)(C)O2)CCCC1. The average molecular weight is 274 g/mol. The highest BCUT2D eigenvalue weighted by molar-refractivity contribution is 6.54. The summed E-state index contributed by atoms with van der Waals surface area (Å²) in [5.74, 6) is 0. The third-order valence-corrected chi connectivity index (χ3v) is 4.61. The van der Waals surface area contributed by atoms with E-state index in [1.807, 2.05) is 0 Å². The van der Waals surface area contributed by atoms with Crippen molar-refractivity contribution in [3.8, 4) is 0 Å². The van der Waals surface area contributed by atoms with Crippen LogP contribution in [-0.2, 0) is 9.31 Å². The van der Waals surface area contributed by atoms with Crippen molar-refractivity contribution in [3.63, 3.8) is 0 Å². The van der Waals surface area contributed by atoms with Crippen LogP contribution in [0.1, 0.15) is 60.3 Å². The van der Waals surface area contributed by atoms with Gasteiger partial charge in [0, 0.05) is 0 Å². The van der Waals surface area contributed by atoms with Gasteiger partial charge in [0.1, 0.15) is 0 Å². The fourth-order valence-electron chi connectivity index (χ4n) is 2.66. The van der Waals surface area contributed by atoms with Crippen LogP contribution in [0.25, 0.3) is 0 Å². The molecule has 0 amide bonds. The zero-order valence-electron chi connectivity index (χ0n) is 13.6. The maximum atomic E-state index is 6.18. The van der Waals surface area contributed by atoms with Crippen LogP contribution in [-0.4, -0.2) is 18.3 Å². The predicted molar refractivity (Wildman–Crippen MR) is 85.5 cm³/mol. The molecule has 0 N–H and O–H groups in total. The van der Waals surface area contributed by atoms with Crippen molar-refractivity contribution in [2.75, 3.05) is 0 Å². The quantitative estimate of drug-likeness (QED) is 0.649. The van der Waals surface area contributed by atoms with Gasteiger partial charge in [-0.1, -0.05) is 29.9 Å². The molecule has 3 heteroatoms. The largest absolute Gasteiger partial charge is 0.490 e. The Bertz CT molecular complexity index is 442. The van der Waals surface area contributed by atoms with Crippen LogP contribution in [0.5, 0.6) is 0 Å². The summed E-state index contributed by atoms with van der Waals surface area (Å²) in [6.07, 6.45) is 8.86. The van der Waals surface area contributed by atoms with Crippen LogP contribution < -0.4 is 0 Å². The molecule has 0 atom stereocenters. The van der Waals surface area contributed by atoms with Gasteiger partial charge in [0.15, 0.2) is 0 Å². The molecule has 2 aliphatic rings. The molecule has 110 valence electrons. The van der Waals surface area contributed by atoms with Crippen molar-refractivity contribution in [2.45, 2.75) is 71.5 Å². The van der Waals surface area contributed by atoms with Gasteiger partial charge in [0.2, 0.25) is 0 Å². The molecule has 0 bridgehead atoms. The smallest absolute Gasteiger partial charge is 0.400 e. The summed E-state index contributed by atoms with van der Waals surface area (Å²) in [5.41, 5.74) is 3.18. The minimum Gasteiger partial charge on any atom is -0.400 e. The van der Waals surface area contributed by atoms with E-state index < -0.39 is 0 Å². The molecular formula is C17H27BO2. The lowest BCUT2D eigenvalue weighted by molar-refractivity contribution is 0.00578. The second-order valence-electron chi connectivity index (χ2n) is 7.06. The van der Waals surface area contributed by atoms with E-state index in [-0.39, 0.29) is 18.3 Å². The maximum absolute atomic E-state index is 6.18. The normalized spacial score (nSPS) is 26.4. The van der Waals surface area contributed by atoms with Crippen LogP contribution in [0.4, 0.5) is 0 Å². The van der Waals surface area contributed by atoms with Gasteiger partial charge in [-0.15, -0.1) is 0 Å². The van der Waals surface area contributed by atoms with Crippen molar-refractivity contribution in [2.24, 2.45) is 0 Å². The van der Waals surface area contributed by atoms with E-state index in [9.17, 15) is 0 Å². The standard InChI is InChI=1S/C17H27BO2/c1-13-9-7-8-10-15(12-14(2)11-13)18-19-16(3,4)17(5,6)20-18/h11-12H,1,7-10H2,2-6H3. The van der Waals surface area contributed by atoms with E-state index in [2.05, 4.69) is 53.3 Å². The van der Waals surface area contributed by atoms with Crippen molar-refractivity contribution in [1.29, 1.82) is 0 Å². The molecule has 20 heavy (non-hydrogen) atoms. The van der Waals surface area contributed by atoms with Crippen LogP contribution in [0, 0.1) is 0 Å². The molecule has 0 radical (unpaired) electrons. The van der Waals surface area contributed by atoms with E-state index in [1.54, 1.807) is 0 Å². The first-order chi connectivity index (χ1) is 9.21. The van der Waals surface area contributed by atoms with Crippen molar-refractivity contribution >= 4 is 7.12 Å². The summed E-state index contributed by atoms with van der Waals surface area (Å²) in [5, 5.41) is 0. The van der Waals surface area contributed by atoms with Crippen LogP contribution in [0.15, 0.2) is 35.3 Å². The zero-order chi connectivity index (χ0) is 15.0. The number of hydrogen-bond donors (Lipinski definition) is 0. The van der Waals surface area contributed by atoms with Gasteiger partial charge in [-0.05, 0) is 65.8 Å². The molecule has 0 unspecified atom stereocenters. The van der Waals surface area contributed by atoms with E-state index in [0.29, 0.717) is 0 Å². The molecule has 0 saturated carbocycles. The van der Waals surface area contributed by atoms with Crippen molar-refractivity contribution < 1.29 is 9.31 Å². The van der Waals surface area contributed by atoms with Crippen LogP contribution in [0.3, 0.4) is 0 Å². The van der Waals surface area contributed by atoms with Gasteiger partial charge in [0.05, 0.1) is 11.2 Å². The third kappa shape index (κ3) is 3.26. The van der Waals surface area contributed by atoms with Gasteiger partial charge in [-0.2, -0.15) is 0 Å². The number of allylic oxidation sites excluding steroid dienone is 5. The lowest BCUT2D eigenvalue weighted by Crippen LogP contribution is -2.41. The first-order valence-electron chi connectivity index (χ1n) is 7.63. The Labute approximate surface area is 124 Å². The minimum atomic E-state index is -0.266. The van der Waals surface area contributed by atoms with Gasteiger partial charge in [-0.25, -0.2) is 0 Å². The van der Waals surface area contributed by atoms with Crippen molar-refractivity contribution in [1.82, 2.24) is 0 Å². The molecule has 1 aliphatic heterocycles. The maximum Gasteiger partial charge on any atom is 0.490 e. The minimum absolute atomic E-state index is 0.213. The highest BCUT2D eigenvalue weighted by Gasteiger charge is 2.52. The molecule has 0 spiro atoms. The fraction of sp³-hybridized carbons (Fsp3) is 0.647. The Balaban J connectivity index is 2.23. The topological polar surface area (TPSA) is 18.5 Å². The molecule has 0 aromatic rings. The summed E-state index contributed by atoms with van der Waals surface area (Å²) >= 11 is 0. The molecule has 2 rings (SSSR count). The van der Waals surface area contributed by atoms with Gasteiger partial charge in [-0.3, -0.25) is 0 Å². The molecule has 1 saturated heterocycles. The Morgan fingerprint density at radius 1 is 1.00 bits per heavy atom. The van der Waals surface area contributed by atoms with Crippen LogP contribution in [0.2, 0.25) is 0 Å². The second-order valence-corrected chi connectivity index (χ2v) is 7.06. The first kappa shape index (κ1) is 15.6. The third-order valence-electron chi connectivity index (χ3n) is 4.61. The van der Waals surface area contributed by atoms with E-state index >= 15 is 0 Å². The molecule has 2 nitrogen and oxygen atoms in total. The molecule has 0 aromatic heterocycles. The van der Waals surface area contributed by atoms with E-state index in [1.165, 1.54) is 23.0 Å². The first-order valence-corrected chi connectivity index (χ1v) is 7.63. The predicted octanol–water partition coefficient (Wildman–Crippen LogP) is 4.62. The lowest BCUT2D eigenvalue weighted by Gasteiger charge is -2.32. The summed E-state index contributed by atoms with van der Waals surface area (Å²) in [7, 11) is -0.213. The molecule has 1 heterocycles. The summed E-state index contributed by atoms with van der Waals surface area (Å²) < 4.78 is 12.4. The van der Waals surface area contributed by atoms with Gasteiger partial charge < -0.3 is 9.31 Å². The Morgan fingerprint density at radius 2 is 1.55 bits per heavy atom. The lowest BCUT2D eigenvalue weighted by atomic mass is 9.74. The average Bonchev–Trinajstić information content (AvgIpc) is 2.55. The molecule has 1 fully saturated rings.